The van der Waals surface area contributed by atoms with E-state index in [9.17, 15) is 4.79 Å². The molecule has 1 rings (SSSR count). The van der Waals surface area contributed by atoms with E-state index in [-0.39, 0.29) is 11.7 Å². The van der Waals surface area contributed by atoms with E-state index in [0.717, 1.165) is 30.7 Å². The zero-order valence-electron chi connectivity index (χ0n) is 14.3. The van der Waals surface area contributed by atoms with Gasteiger partial charge in [0.1, 0.15) is 5.75 Å². The van der Waals surface area contributed by atoms with Crippen LogP contribution in [0.3, 0.4) is 0 Å². The molecule has 1 aromatic rings. The first-order valence-corrected chi connectivity index (χ1v) is 8.07. The molecule has 0 N–H and O–H groups in total. The minimum Gasteiger partial charge on any atom is -0.497 e. The predicted octanol–water partition coefficient (Wildman–Crippen LogP) is 4.04. The first kappa shape index (κ1) is 18.4. The van der Waals surface area contributed by atoms with Gasteiger partial charge in [-0.05, 0) is 44.3 Å². The molecule has 0 aliphatic carbocycles. The zero-order chi connectivity index (χ0) is 16.4. The van der Waals surface area contributed by atoms with Crippen molar-refractivity contribution in [3.8, 4) is 5.75 Å². The highest BCUT2D eigenvalue weighted by Crippen LogP contribution is 2.15. The van der Waals surface area contributed by atoms with Crippen molar-refractivity contribution in [3.63, 3.8) is 0 Å². The van der Waals surface area contributed by atoms with Crippen molar-refractivity contribution in [3.05, 3.63) is 35.9 Å². The molecular formula is C19H29NO2. The van der Waals surface area contributed by atoms with Crippen molar-refractivity contribution in [1.29, 1.82) is 0 Å². The monoisotopic (exact) mass is 303 g/mol. The van der Waals surface area contributed by atoms with Crippen LogP contribution in [0, 0.1) is 5.92 Å². The maximum absolute atomic E-state index is 12.4. The minimum atomic E-state index is 0.0936. The maximum Gasteiger partial charge on any atom is 0.160 e. The lowest BCUT2D eigenvalue weighted by Crippen LogP contribution is -2.27. The topological polar surface area (TPSA) is 29.5 Å². The van der Waals surface area contributed by atoms with Gasteiger partial charge in [-0.2, -0.15) is 0 Å². The van der Waals surface area contributed by atoms with Crippen LogP contribution in [-0.2, 0) is 4.79 Å². The van der Waals surface area contributed by atoms with Crippen LogP contribution >= 0.6 is 0 Å². The van der Waals surface area contributed by atoms with Gasteiger partial charge in [-0.15, -0.1) is 0 Å². The van der Waals surface area contributed by atoms with Gasteiger partial charge in [-0.25, -0.2) is 0 Å². The SMILES string of the molecule is CCCCC[C@H](CN(C)C)C(=O)/C=C/c1ccc(OC)cc1. The summed E-state index contributed by atoms with van der Waals surface area (Å²) in [5.74, 6) is 1.14. The summed E-state index contributed by atoms with van der Waals surface area (Å²) in [6, 6.07) is 7.73. The van der Waals surface area contributed by atoms with E-state index >= 15 is 0 Å². The van der Waals surface area contributed by atoms with Gasteiger partial charge in [-0.1, -0.05) is 44.4 Å². The summed E-state index contributed by atoms with van der Waals surface area (Å²) in [7, 11) is 5.69. The van der Waals surface area contributed by atoms with Gasteiger partial charge in [0.25, 0.3) is 0 Å². The van der Waals surface area contributed by atoms with E-state index in [1.54, 1.807) is 13.2 Å². The third-order valence-electron chi connectivity index (χ3n) is 3.70. The fourth-order valence-corrected chi connectivity index (χ4v) is 2.43. The van der Waals surface area contributed by atoms with Crippen molar-refractivity contribution >= 4 is 11.9 Å². The maximum atomic E-state index is 12.4. The van der Waals surface area contributed by atoms with Gasteiger partial charge in [-0.3, -0.25) is 4.79 Å². The van der Waals surface area contributed by atoms with Crippen LogP contribution in [0.4, 0.5) is 0 Å². The van der Waals surface area contributed by atoms with Gasteiger partial charge in [0.2, 0.25) is 0 Å². The van der Waals surface area contributed by atoms with Crippen molar-refractivity contribution < 1.29 is 9.53 Å². The number of methoxy groups -OCH3 is 1. The molecule has 22 heavy (non-hydrogen) atoms. The molecule has 0 amide bonds. The Kier molecular flexibility index (Phi) is 8.53. The molecule has 0 fully saturated rings. The van der Waals surface area contributed by atoms with E-state index in [1.807, 2.05) is 44.4 Å². The van der Waals surface area contributed by atoms with E-state index in [1.165, 1.54) is 12.8 Å². The summed E-state index contributed by atoms with van der Waals surface area (Å²) < 4.78 is 5.14. The normalized spacial score (nSPS) is 12.8. The van der Waals surface area contributed by atoms with Gasteiger partial charge >= 0.3 is 0 Å². The number of nitrogens with zero attached hydrogens (tertiary/aromatic N) is 1. The number of unbranched alkanes of at least 4 members (excludes halogenated alkanes) is 2. The molecule has 0 unspecified atom stereocenters. The molecule has 0 heterocycles. The van der Waals surface area contributed by atoms with E-state index in [0.29, 0.717) is 0 Å². The van der Waals surface area contributed by atoms with Crippen molar-refractivity contribution in [2.24, 2.45) is 5.92 Å². The summed E-state index contributed by atoms with van der Waals surface area (Å²) in [6.45, 7) is 3.00. The molecule has 0 spiro atoms. The predicted molar refractivity (Wildman–Crippen MR) is 93.2 cm³/mol. The molecule has 0 saturated heterocycles. The number of benzene rings is 1. The van der Waals surface area contributed by atoms with E-state index in [2.05, 4.69) is 11.8 Å². The highest BCUT2D eigenvalue weighted by Gasteiger charge is 2.16. The Morgan fingerprint density at radius 3 is 2.45 bits per heavy atom. The van der Waals surface area contributed by atoms with Gasteiger partial charge < -0.3 is 9.64 Å². The van der Waals surface area contributed by atoms with Crippen LogP contribution < -0.4 is 4.74 Å². The summed E-state index contributed by atoms with van der Waals surface area (Å²) in [6.07, 6.45) is 8.09. The Hall–Kier alpha value is -1.61. The fraction of sp³-hybridized carbons (Fsp3) is 0.526. The molecule has 0 saturated carbocycles. The molecule has 3 heteroatoms. The zero-order valence-corrected chi connectivity index (χ0v) is 14.3. The summed E-state index contributed by atoms with van der Waals surface area (Å²) in [5, 5.41) is 0. The van der Waals surface area contributed by atoms with E-state index < -0.39 is 0 Å². The molecule has 0 aliphatic heterocycles. The first-order chi connectivity index (χ1) is 10.6. The van der Waals surface area contributed by atoms with Gasteiger partial charge in [0, 0.05) is 12.5 Å². The number of carbonyl (C=O) groups is 1. The van der Waals surface area contributed by atoms with Crippen LogP contribution in [0.25, 0.3) is 6.08 Å². The Morgan fingerprint density at radius 1 is 1.23 bits per heavy atom. The number of ketones is 1. The minimum absolute atomic E-state index is 0.0936. The van der Waals surface area contributed by atoms with Gasteiger partial charge in [0.05, 0.1) is 7.11 Å². The average Bonchev–Trinajstić information content (AvgIpc) is 2.52. The Morgan fingerprint density at radius 2 is 1.91 bits per heavy atom. The summed E-state index contributed by atoms with van der Waals surface area (Å²) in [5.41, 5.74) is 1.02. The highest BCUT2D eigenvalue weighted by atomic mass is 16.5. The quantitative estimate of drug-likeness (QED) is 0.483. The van der Waals surface area contributed by atoms with Crippen LogP contribution in [0.1, 0.15) is 38.2 Å². The number of ether oxygens (including phenoxy) is 1. The Bertz CT molecular complexity index is 463. The number of carbonyl (C=O) groups excluding carboxylic acids is 1. The molecule has 3 nitrogen and oxygen atoms in total. The van der Waals surface area contributed by atoms with Crippen molar-refractivity contribution in [2.75, 3.05) is 27.7 Å². The molecule has 1 atom stereocenters. The Balaban J connectivity index is 2.64. The molecule has 1 aromatic carbocycles. The lowest BCUT2D eigenvalue weighted by molar-refractivity contribution is -0.118. The largest absolute Gasteiger partial charge is 0.497 e. The fourth-order valence-electron chi connectivity index (χ4n) is 2.43. The lowest BCUT2D eigenvalue weighted by Gasteiger charge is -2.18. The molecular weight excluding hydrogens is 274 g/mol. The second-order valence-electron chi connectivity index (χ2n) is 5.96. The van der Waals surface area contributed by atoms with Crippen LogP contribution in [-0.4, -0.2) is 38.4 Å². The highest BCUT2D eigenvalue weighted by molar-refractivity contribution is 5.95. The molecule has 0 aliphatic rings. The van der Waals surface area contributed by atoms with Crippen molar-refractivity contribution in [1.82, 2.24) is 4.90 Å². The van der Waals surface area contributed by atoms with Crippen molar-refractivity contribution in [2.45, 2.75) is 32.6 Å². The average molecular weight is 303 g/mol. The summed E-state index contributed by atoms with van der Waals surface area (Å²) in [4.78, 5) is 14.5. The first-order valence-electron chi connectivity index (χ1n) is 8.07. The standard InChI is InChI=1S/C19H29NO2/c1-5-6-7-8-17(15-20(2)3)19(21)14-11-16-9-12-18(22-4)13-10-16/h9-14,17H,5-8,15H2,1-4H3/b14-11+/t17-/m1/s1. The second-order valence-corrected chi connectivity index (χ2v) is 5.96. The number of hydrogen-bond acceptors (Lipinski definition) is 3. The third-order valence-corrected chi connectivity index (χ3v) is 3.70. The van der Waals surface area contributed by atoms with Crippen LogP contribution in [0.15, 0.2) is 30.3 Å². The smallest absolute Gasteiger partial charge is 0.160 e. The van der Waals surface area contributed by atoms with Crippen LogP contribution in [0.5, 0.6) is 5.75 Å². The molecule has 122 valence electrons. The molecule has 0 bridgehead atoms. The number of rotatable bonds is 10. The van der Waals surface area contributed by atoms with Gasteiger partial charge in [0.15, 0.2) is 5.78 Å². The Labute approximate surface area is 135 Å². The van der Waals surface area contributed by atoms with Crippen LogP contribution in [0.2, 0.25) is 0 Å². The van der Waals surface area contributed by atoms with E-state index in [4.69, 9.17) is 4.74 Å². The summed E-state index contributed by atoms with van der Waals surface area (Å²) >= 11 is 0. The molecule has 0 aromatic heterocycles. The lowest BCUT2D eigenvalue weighted by atomic mass is 9.95. The molecule has 0 radical (unpaired) electrons. The number of hydrogen-bond donors (Lipinski definition) is 0. The second kappa shape index (κ2) is 10.2. The number of allylic oxidation sites excluding steroid dienone is 1. The third kappa shape index (κ3) is 6.90.